The Morgan fingerprint density at radius 1 is 0.895 bits per heavy atom. The van der Waals surface area contributed by atoms with Crippen LogP contribution in [-0.2, 0) is 10.0 Å². The Bertz CT molecular complexity index is 1320. The van der Waals surface area contributed by atoms with Crippen LogP contribution in [0.3, 0.4) is 0 Å². The zero-order chi connectivity index (χ0) is 26.6. The van der Waals surface area contributed by atoms with Crippen molar-refractivity contribution in [3.8, 4) is 0 Å². The summed E-state index contributed by atoms with van der Waals surface area (Å²) in [6, 6.07) is 14.1. The van der Waals surface area contributed by atoms with Gasteiger partial charge in [0.2, 0.25) is 16.0 Å². The van der Waals surface area contributed by atoms with Crippen LogP contribution in [0.4, 0.5) is 27.5 Å². The molecule has 3 aromatic rings. The first kappa shape index (κ1) is 26.5. The maximum atomic E-state index is 13.2. The minimum Gasteiger partial charge on any atom is -0.390 e. The summed E-state index contributed by atoms with van der Waals surface area (Å²) in [5, 5.41) is 17.2. The summed E-state index contributed by atoms with van der Waals surface area (Å²) in [6.45, 7) is 3.66. The van der Waals surface area contributed by atoms with Crippen molar-refractivity contribution in [2.75, 3.05) is 43.4 Å². The molecule has 1 aromatic heterocycles. The Balaban J connectivity index is 1.17. The summed E-state index contributed by atoms with van der Waals surface area (Å²) in [6.07, 6.45) is 5.59. The molecule has 0 spiro atoms. The molecule has 0 saturated carbocycles. The van der Waals surface area contributed by atoms with Crippen molar-refractivity contribution in [1.82, 2.24) is 19.2 Å². The molecular weight excluding hydrogens is 507 g/mol. The average Bonchev–Trinajstić information content (AvgIpc) is 3.44. The molecule has 3 heterocycles. The summed E-state index contributed by atoms with van der Waals surface area (Å²) in [5.41, 5.74) is 0.522. The summed E-state index contributed by atoms with van der Waals surface area (Å²) in [7, 11) is -3.66. The SMILES string of the molecule is O=S(=O)(c1ccc(Nc2nccc(Nc3ccc(F)cc3)n2)cc1)N1CCC(O)(CCN2CCCC2)CC1. The van der Waals surface area contributed by atoms with Gasteiger partial charge in [0, 0.05) is 37.2 Å². The molecule has 0 amide bonds. The molecule has 0 unspecified atom stereocenters. The zero-order valence-electron chi connectivity index (χ0n) is 21.2. The smallest absolute Gasteiger partial charge is 0.243 e. The maximum Gasteiger partial charge on any atom is 0.243 e. The molecule has 0 radical (unpaired) electrons. The van der Waals surface area contributed by atoms with E-state index in [4.69, 9.17) is 0 Å². The highest BCUT2D eigenvalue weighted by molar-refractivity contribution is 7.89. The lowest BCUT2D eigenvalue weighted by molar-refractivity contribution is -0.0179. The van der Waals surface area contributed by atoms with Crippen molar-refractivity contribution in [2.24, 2.45) is 0 Å². The molecule has 2 aliphatic rings. The van der Waals surface area contributed by atoms with Crippen LogP contribution >= 0.6 is 0 Å². The number of anilines is 4. The summed E-state index contributed by atoms with van der Waals surface area (Å²) >= 11 is 0. The van der Waals surface area contributed by atoms with E-state index in [0.29, 0.717) is 55.5 Å². The number of aliphatic hydroxyl groups is 1. The maximum absolute atomic E-state index is 13.2. The topological polar surface area (TPSA) is 111 Å². The highest BCUT2D eigenvalue weighted by Gasteiger charge is 2.37. The van der Waals surface area contributed by atoms with Gasteiger partial charge in [0.15, 0.2) is 0 Å². The summed E-state index contributed by atoms with van der Waals surface area (Å²) < 4.78 is 41.1. The largest absolute Gasteiger partial charge is 0.390 e. The number of piperidine rings is 1. The van der Waals surface area contributed by atoms with E-state index >= 15 is 0 Å². The van der Waals surface area contributed by atoms with Gasteiger partial charge in [0.1, 0.15) is 11.6 Å². The Morgan fingerprint density at radius 2 is 1.53 bits per heavy atom. The minimum absolute atomic E-state index is 0.207. The minimum atomic E-state index is -3.66. The highest BCUT2D eigenvalue weighted by atomic mass is 32.2. The molecule has 2 aliphatic heterocycles. The number of likely N-dealkylation sites (tertiary alicyclic amines) is 1. The van der Waals surface area contributed by atoms with E-state index in [1.807, 2.05) is 0 Å². The Kier molecular flexibility index (Phi) is 7.89. The van der Waals surface area contributed by atoms with Gasteiger partial charge in [-0.25, -0.2) is 17.8 Å². The quantitative estimate of drug-likeness (QED) is 0.372. The monoisotopic (exact) mass is 540 g/mol. The molecule has 9 nitrogen and oxygen atoms in total. The van der Waals surface area contributed by atoms with Crippen LogP contribution in [0.1, 0.15) is 32.1 Å². The number of aromatic nitrogens is 2. The van der Waals surface area contributed by atoms with E-state index in [0.717, 1.165) is 19.6 Å². The molecule has 202 valence electrons. The predicted octanol–water partition coefficient (Wildman–Crippen LogP) is 4.10. The van der Waals surface area contributed by atoms with Gasteiger partial charge in [0.25, 0.3) is 0 Å². The summed E-state index contributed by atoms with van der Waals surface area (Å²) in [4.78, 5) is 11.2. The van der Waals surface area contributed by atoms with Crippen molar-refractivity contribution in [3.05, 3.63) is 66.6 Å². The van der Waals surface area contributed by atoms with Gasteiger partial charge >= 0.3 is 0 Å². The first-order valence-electron chi connectivity index (χ1n) is 13.0. The van der Waals surface area contributed by atoms with Crippen LogP contribution in [0.25, 0.3) is 0 Å². The van der Waals surface area contributed by atoms with Crippen molar-refractivity contribution in [1.29, 1.82) is 0 Å². The van der Waals surface area contributed by atoms with Gasteiger partial charge < -0.3 is 20.6 Å². The number of nitrogens with one attached hydrogen (secondary N) is 2. The molecular formula is C27H33FN6O3S. The number of halogens is 1. The van der Waals surface area contributed by atoms with Crippen LogP contribution < -0.4 is 10.6 Å². The van der Waals surface area contributed by atoms with Gasteiger partial charge in [-0.05, 0) is 99.8 Å². The van der Waals surface area contributed by atoms with Gasteiger partial charge in [0.05, 0.1) is 10.5 Å². The van der Waals surface area contributed by atoms with E-state index in [1.54, 1.807) is 48.7 Å². The predicted molar refractivity (Wildman–Crippen MR) is 145 cm³/mol. The van der Waals surface area contributed by atoms with E-state index in [1.165, 1.54) is 29.3 Å². The second-order valence-corrected chi connectivity index (χ2v) is 11.9. The van der Waals surface area contributed by atoms with Crippen LogP contribution in [-0.4, -0.2) is 71.0 Å². The van der Waals surface area contributed by atoms with Gasteiger partial charge in [-0.2, -0.15) is 9.29 Å². The van der Waals surface area contributed by atoms with E-state index in [9.17, 15) is 17.9 Å². The molecule has 2 fully saturated rings. The van der Waals surface area contributed by atoms with Crippen molar-refractivity contribution in [3.63, 3.8) is 0 Å². The number of benzene rings is 2. The van der Waals surface area contributed by atoms with Crippen LogP contribution in [0.15, 0.2) is 65.7 Å². The van der Waals surface area contributed by atoms with Crippen molar-refractivity contribution < 1.29 is 17.9 Å². The molecule has 11 heteroatoms. The first-order chi connectivity index (χ1) is 18.3. The molecule has 3 N–H and O–H groups in total. The number of hydrogen-bond donors (Lipinski definition) is 3. The average molecular weight is 541 g/mol. The fourth-order valence-corrected chi connectivity index (χ4v) is 6.36. The lowest BCUT2D eigenvalue weighted by atomic mass is 9.89. The molecule has 5 rings (SSSR count). The molecule has 0 aliphatic carbocycles. The van der Waals surface area contributed by atoms with Crippen molar-refractivity contribution in [2.45, 2.75) is 42.6 Å². The van der Waals surface area contributed by atoms with E-state index in [-0.39, 0.29) is 10.7 Å². The number of sulfonamides is 1. The van der Waals surface area contributed by atoms with E-state index in [2.05, 4.69) is 25.5 Å². The molecule has 38 heavy (non-hydrogen) atoms. The summed E-state index contributed by atoms with van der Waals surface area (Å²) in [5.74, 6) is 0.538. The molecule has 2 aromatic carbocycles. The lowest BCUT2D eigenvalue weighted by Gasteiger charge is -2.38. The van der Waals surface area contributed by atoms with Gasteiger partial charge in [-0.3, -0.25) is 0 Å². The highest BCUT2D eigenvalue weighted by Crippen LogP contribution is 2.30. The van der Waals surface area contributed by atoms with Crippen LogP contribution in [0.2, 0.25) is 0 Å². The third-order valence-electron chi connectivity index (χ3n) is 7.27. The third-order valence-corrected chi connectivity index (χ3v) is 9.18. The fourth-order valence-electron chi connectivity index (χ4n) is 4.92. The van der Waals surface area contributed by atoms with Crippen LogP contribution in [0, 0.1) is 5.82 Å². The second-order valence-electron chi connectivity index (χ2n) is 9.97. The Morgan fingerprint density at radius 3 is 2.21 bits per heavy atom. The van der Waals surface area contributed by atoms with E-state index < -0.39 is 15.6 Å². The second kappa shape index (κ2) is 11.3. The van der Waals surface area contributed by atoms with Gasteiger partial charge in [-0.15, -0.1) is 0 Å². The standard InChI is InChI=1S/C27H33FN6O3S/c28-21-3-5-22(6-4-21)30-25-11-15-29-26(32-25)31-23-7-9-24(10-8-23)38(36,37)34-19-13-27(35,14-20-34)12-18-33-16-1-2-17-33/h3-11,15,35H,1-2,12-14,16-20H2,(H2,29,30,31,32). The lowest BCUT2D eigenvalue weighted by Crippen LogP contribution is -2.47. The normalized spacial score (nSPS) is 18.4. The number of nitrogens with zero attached hydrogens (tertiary/aromatic N) is 4. The molecule has 2 saturated heterocycles. The van der Waals surface area contributed by atoms with Crippen LogP contribution in [0.5, 0.6) is 0 Å². The zero-order valence-corrected chi connectivity index (χ0v) is 22.0. The Hall–Kier alpha value is -3.12. The third kappa shape index (κ3) is 6.47. The Labute approximate surface area is 222 Å². The van der Waals surface area contributed by atoms with Gasteiger partial charge in [-0.1, -0.05) is 0 Å². The number of rotatable bonds is 9. The number of hydrogen-bond acceptors (Lipinski definition) is 8. The first-order valence-corrected chi connectivity index (χ1v) is 14.4. The molecule has 0 atom stereocenters. The molecule has 0 bridgehead atoms. The van der Waals surface area contributed by atoms with Crippen molar-refractivity contribution >= 4 is 33.2 Å². The fraction of sp³-hybridized carbons (Fsp3) is 0.407.